The normalized spacial score (nSPS) is 6.40. The van der Waals surface area contributed by atoms with Gasteiger partial charge < -0.3 is 0 Å². The van der Waals surface area contributed by atoms with Gasteiger partial charge in [0, 0.05) is 0 Å². The summed E-state index contributed by atoms with van der Waals surface area (Å²) >= 11 is 0. The second kappa shape index (κ2) is 41.3. The Kier molecular flexibility index (Phi) is 66.5. The maximum atomic E-state index is 3.46. The van der Waals surface area contributed by atoms with Crippen molar-refractivity contribution in [2.24, 2.45) is 0 Å². The van der Waals surface area contributed by atoms with Crippen LogP contribution < -0.4 is 0 Å². The van der Waals surface area contributed by atoms with Crippen molar-refractivity contribution in [3.05, 3.63) is 37.5 Å². The molecule has 0 aliphatic rings. The van der Waals surface area contributed by atoms with Crippen molar-refractivity contribution < 1.29 is 0 Å². The Bertz CT molecular complexity index is 68.1. The van der Waals surface area contributed by atoms with Crippen LogP contribution >= 0.6 is 0 Å². The summed E-state index contributed by atoms with van der Waals surface area (Å²) in [5, 5.41) is 0. The Morgan fingerprint density at radius 3 is 1.30 bits per heavy atom. The van der Waals surface area contributed by atoms with Gasteiger partial charge in [0.05, 0.1) is 0 Å². The minimum atomic E-state index is 1.75. The van der Waals surface area contributed by atoms with Crippen LogP contribution in [-0.2, 0) is 0 Å². The molecule has 0 saturated carbocycles. The number of hydrogen-bond donors (Lipinski definition) is 0. The van der Waals surface area contributed by atoms with Crippen molar-refractivity contribution in [1.29, 1.82) is 0 Å². The smallest absolute Gasteiger partial charge is 0.0467 e. The first kappa shape index (κ1) is 16.1. The summed E-state index contributed by atoms with van der Waals surface area (Å²) in [5.74, 6) is 0. The molecule has 0 unspecified atom stereocenters. The number of rotatable bonds is 1. The zero-order valence-corrected chi connectivity index (χ0v) is 7.72. The van der Waals surface area contributed by atoms with Crippen LogP contribution in [0.25, 0.3) is 0 Å². The first-order valence-corrected chi connectivity index (χ1v) is 3.64. The molecule has 0 bridgehead atoms. The molecule has 0 saturated heterocycles. The summed E-state index contributed by atoms with van der Waals surface area (Å²) in [6.07, 6.45) is 7.33. The topological polar surface area (TPSA) is 0 Å². The third-order valence-corrected chi connectivity index (χ3v) is 0.329. The van der Waals surface area contributed by atoms with Crippen LogP contribution in [0.4, 0.5) is 0 Å². The first-order valence-electron chi connectivity index (χ1n) is 3.64. The average Bonchev–Trinajstić information content (AvgIpc) is 1.96. The van der Waals surface area contributed by atoms with Crippen LogP contribution in [0.15, 0.2) is 37.5 Å². The van der Waals surface area contributed by atoms with E-state index in [1.54, 1.807) is 12.2 Å². The van der Waals surface area contributed by atoms with E-state index in [1.165, 1.54) is 0 Å². The summed E-state index contributed by atoms with van der Waals surface area (Å²) in [7, 11) is 0. The van der Waals surface area contributed by atoms with Crippen LogP contribution in [0.3, 0.4) is 0 Å². The van der Waals surface area contributed by atoms with E-state index in [9.17, 15) is 0 Å². The second-order valence-electron chi connectivity index (χ2n) is 1.17. The Hall–Kier alpha value is -0.780. The van der Waals surface area contributed by atoms with Crippen LogP contribution in [-0.4, -0.2) is 0 Å². The van der Waals surface area contributed by atoms with Gasteiger partial charge in [-0.2, -0.15) is 0 Å². The summed E-state index contributed by atoms with van der Waals surface area (Å²) in [6.45, 7) is 14.7. The Labute approximate surface area is 66.0 Å². The van der Waals surface area contributed by atoms with Gasteiger partial charge in [-0.05, 0) is 13.8 Å². The van der Waals surface area contributed by atoms with Crippen LogP contribution in [0, 0.1) is 0 Å². The maximum Gasteiger partial charge on any atom is -0.0467 e. The highest BCUT2D eigenvalue weighted by Crippen LogP contribution is 1.64. The van der Waals surface area contributed by atoms with Crippen LogP contribution in [0.1, 0.15) is 27.7 Å². The lowest BCUT2D eigenvalue weighted by Crippen LogP contribution is -1.33. The molecule has 0 heterocycles. The van der Waals surface area contributed by atoms with E-state index in [-0.39, 0.29) is 0 Å². The molecule has 0 nitrogen and oxygen atoms in total. The number of allylic oxidation sites excluding steroid dienone is 4. The predicted molar refractivity (Wildman–Crippen MR) is 52.2 cm³/mol. The highest BCUT2D eigenvalue weighted by atomic mass is 13.5. The van der Waals surface area contributed by atoms with Gasteiger partial charge in [0.2, 0.25) is 0 Å². The van der Waals surface area contributed by atoms with Crippen molar-refractivity contribution in [3.8, 4) is 0 Å². The molecular weight excluding hydrogens is 120 g/mol. The van der Waals surface area contributed by atoms with Gasteiger partial charge in [-0.1, -0.05) is 44.7 Å². The molecule has 0 spiro atoms. The van der Waals surface area contributed by atoms with Crippen molar-refractivity contribution in [1.82, 2.24) is 0 Å². The molecule has 0 aliphatic heterocycles. The van der Waals surface area contributed by atoms with Crippen LogP contribution in [0.2, 0.25) is 0 Å². The minimum Gasteiger partial charge on any atom is -0.103 e. The van der Waals surface area contributed by atoms with Gasteiger partial charge in [0.15, 0.2) is 0 Å². The van der Waals surface area contributed by atoms with E-state index in [2.05, 4.69) is 13.2 Å². The fourth-order valence-corrected chi connectivity index (χ4v) is 0.136. The molecule has 0 rings (SSSR count). The Morgan fingerprint density at radius 1 is 1.00 bits per heavy atom. The Balaban J connectivity index is -0.0000000847. The zero-order valence-electron chi connectivity index (χ0n) is 7.72. The molecule has 0 N–H and O–H groups in total. The molecule has 0 radical (unpaired) electrons. The molecule has 10 heavy (non-hydrogen) atoms. The monoisotopic (exact) mass is 140 g/mol. The molecule has 0 aromatic heterocycles. The molecule has 0 fully saturated rings. The summed E-state index contributed by atoms with van der Waals surface area (Å²) in [5.41, 5.74) is 0. The summed E-state index contributed by atoms with van der Waals surface area (Å²) in [4.78, 5) is 0. The molecular formula is C10H20. The third-order valence-electron chi connectivity index (χ3n) is 0.329. The van der Waals surface area contributed by atoms with E-state index >= 15 is 0 Å². The maximum absolute atomic E-state index is 3.46. The molecule has 0 heteroatoms. The molecule has 0 atom stereocenters. The van der Waals surface area contributed by atoms with Crippen LogP contribution in [0.5, 0.6) is 0 Å². The van der Waals surface area contributed by atoms with Gasteiger partial charge in [0.1, 0.15) is 0 Å². The van der Waals surface area contributed by atoms with Gasteiger partial charge in [0.25, 0.3) is 0 Å². The molecule has 0 aromatic rings. The van der Waals surface area contributed by atoms with E-state index in [4.69, 9.17) is 0 Å². The van der Waals surface area contributed by atoms with E-state index in [0.29, 0.717) is 0 Å². The first-order chi connectivity index (χ1) is 4.83. The van der Waals surface area contributed by atoms with E-state index < -0.39 is 0 Å². The molecule has 0 aromatic carbocycles. The fourth-order valence-electron chi connectivity index (χ4n) is 0.136. The lowest BCUT2D eigenvalue weighted by Gasteiger charge is -1.56. The largest absolute Gasteiger partial charge is 0.103 e. The SMILES string of the molecule is C=C/C=C\C.C=CC.CC. The van der Waals surface area contributed by atoms with E-state index in [1.807, 2.05) is 39.8 Å². The highest BCUT2D eigenvalue weighted by Gasteiger charge is 1.42. The average molecular weight is 140 g/mol. The standard InChI is InChI=1S/C5H8.C3H6.C2H6/c1-3-5-4-2;1-3-2;1-2/h3-5H,1H2,2H3;3H,1H2,2H3;1-2H3/b5-4-;;. The van der Waals surface area contributed by atoms with Gasteiger partial charge in [-0.25, -0.2) is 0 Å². The summed E-state index contributed by atoms with van der Waals surface area (Å²) < 4.78 is 0. The lowest BCUT2D eigenvalue weighted by atomic mass is 10.5. The van der Waals surface area contributed by atoms with Crippen molar-refractivity contribution in [2.45, 2.75) is 27.7 Å². The zero-order chi connectivity index (χ0) is 8.83. The summed E-state index contributed by atoms with van der Waals surface area (Å²) in [6, 6.07) is 0. The molecule has 60 valence electrons. The van der Waals surface area contributed by atoms with Gasteiger partial charge >= 0.3 is 0 Å². The van der Waals surface area contributed by atoms with Crippen molar-refractivity contribution in [3.63, 3.8) is 0 Å². The van der Waals surface area contributed by atoms with E-state index in [0.717, 1.165) is 0 Å². The predicted octanol–water partition coefficient (Wildman–Crippen LogP) is 3.97. The van der Waals surface area contributed by atoms with Crippen molar-refractivity contribution in [2.75, 3.05) is 0 Å². The number of hydrogen-bond acceptors (Lipinski definition) is 0. The molecule has 0 aliphatic carbocycles. The lowest BCUT2D eigenvalue weighted by molar-refractivity contribution is 1.50. The third kappa shape index (κ3) is 188. The Morgan fingerprint density at radius 2 is 1.30 bits per heavy atom. The fraction of sp³-hybridized carbons (Fsp3) is 0.400. The molecule has 0 amide bonds. The second-order valence-corrected chi connectivity index (χ2v) is 1.17. The van der Waals surface area contributed by atoms with Gasteiger partial charge in [-0.15, -0.1) is 6.58 Å². The van der Waals surface area contributed by atoms with Gasteiger partial charge in [-0.3, -0.25) is 0 Å². The minimum absolute atomic E-state index is 1.75. The highest BCUT2D eigenvalue weighted by molar-refractivity contribution is 4.94. The van der Waals surface area contributed by atoms with Crippen molar-refractivity contribution >= 4 is 0 Å². The quantitative estimate of drug-likeness (QED) is 0.382.